The normalized spacial score (nSPS) is 10.7. The highest BCUT2D eigenvalue weighted by atomic mass is 35.5. The molecule has 0 aliphatic carbocycles. The van der Waals surface area contributed by atoms with Gasteiger partial charge in [0.25, 0.3) is 0 Å². The van der Waals surface area contributed by atoms with Crippen molar-refractivity contribution in [1.29, 1.82) is 0 Å². The third-order valence-corrected chi connectivity index (χ3v) is 5.03. The summed E-state index contributed by atoms with van der Waals surface area (Å²) in [6, 6.07) is 22.8. The molecule has 0 fully saturated rings. The van der Waals surface area contributed by atoms with Crippen LogP contribution in [-0.4, -0.2) is 22.8 Å². The minimum absolute atomic E-state index is 0.304. The standard InChI is InChI=1S/C23H21ClN4O2/c24-20-9-5-4-8-17(20)15-30-18-10-11-21-19(14-18)22(28-27-21)26-23(29)25-13-12-16-6-2-1-3-7-16/h1-11,14H,12-13,15H2,(H3,25,26,27,28,29). The van der Waals surface area contributed by atoms with E-state index in [4.69, 9.17) is 16.3 Å². The zero-order chi connectivity index (χ0) is 20.8. The van der Waals surface area contributed by atoms with Crippen molar-refractivity contribution in [2.45, 2.75) is 13.0 Å². The molecule has 3 aromatic carbocycles. The minimum Gasteiger partial charge on any atom is -0.489 e. The number of amides is 2. The predicted octanol–water partition coefficient (Wildman–Crippen LogP) is 5.16. The van der Waals surface area contributed by atoms with E-state index in [-0.39, 0.29) is 6.03 Å². The summed E-state index contributed by atoms with van der Waals surface area (Å²) in [5, 5.41) is 14.2. The number of carbonyl (C=O) groups excluding carboxylic acids is 1. The lowest BCUT2D eigenvalue weighted by Gasteiger charge is -2.09. The van der Waals surface area contributed by atoms with E-state index in [0.29, 0.717) is 29.7 Å². The fraction of sp³-hybridized carbons (Fsp3) is 0.130. The number of carbonyl (C=O) groups is 1. The summed E-state index contributed by atoms with van der Waals surface area (Å²) in [5.41, 5.74) is 2.88. The second-order valence-electron chi connectivity index (χ2n) is 6.78. The van der Waals surface area contributed by atoms with Gasteiger partial charge in [-0.25, -0.2) is 4.79 Å². The SMILES string of the molecule is O=C(NCCc1ccccc1)Nc1n[nH]c2ccc(OCc3ccccc3Cl)cc12. The molecule has 6 nitrogen and oxygen atoms in total. The monoisotopic (exact) mass is 420 g/mol. The van der Waals surface area contributed by atoms with E-state index in [2.05, 4.69) is 20.8 Å². The van der Waals surface area contributed by atoms with E-state index < -0.39 is 0 Å². The molecule has 2 amide bonds. The van der Waals surface area contributed by atoms with Crippen molar-refractivity contribution in [3.8, 4) is 5.75 Å². The Morgan fingerprint density at radius 1 is 1.03 bits per heavy atom. The van der Waals surface area contributed by atoms with Crippen LogP contribution in [0.4, 0.5) is 10.6 Å². The number of nitrogens with one attached hydrogen (secondary N) is 3. The quantitative estimate of drug-likeness (QED) is 0.386. The number of nitrogens with zero attached hydrogens (tertiary/aromatic N) is 1. The van der Waals surface area contributed by atoms with Gasteiger partial charge in [0, 0.05) is 22.5 Å². The summed E-state index contributed by atoms with van der Waals surface area (Å²) >= 11 is 6.18. The first-order valence-corrected chi connectivity index (χ1v) is 10.00. The lowest BCUT2D eigenvalue weighted by atomic mass is 10.1. The number of benzene rings is 3. The average Bonchev–Trinajstić information content (AvgIpc) is 3.16. The van der Waals surface area contributed by atoms with Gasteiger partial charge in [-0.05, 0) is 36.2 Å². The number of H-pyrrole nitrogens is 1. The number of anilines is 1. The number of hydrogen-bond donors (Lipinski definition) is 3. The fourth-order valence-electron chi connectivity index (χ4n) is 3.07. The molecule has 0 unspecified atom stereocenters. The molecule has 0 aliphatic rings. The summed E-state index contributed by atoms with van der Waals surface area (Å²) < 4.78 is 5.87. The zero-order valence-electron chi connectivity index (χ0n) is 16.2. The van der Waals surface area contributed by atoms with E-state index in [1.807, 2.05) is 72.8 Å². The van der Waals surface area contributed by atoms with Crippen LogP contribution in [0.2, 0.25) is 5.02 Å². The van der Waals surface area contributed by atoms with Gasteiger partial charge in [0.15, 0.2) is 5.82 Å². The topological polar surface area (TPSA) is 79.0 Å². The van der Waals surface area contributed by atoms with E-state index >= 15 is 0 Å². The largest absolute Gasteiger partial charge is 0.489 e. The Bertz CT molecular complexity index is 1140. The zero-order valence-corrected chi connectivity index (χ0v) is 16.9. The molecular weight excluding hydrogens is 400 g/mol. The molecule has 152 valence electrons. The van der Waals surface area contributed by atoms with Crippen molar-refractivity contribution >= 4 is 34.4 Å². The predicted molar refractivity (Wildman–Crippen MR) is 119 cm³/mol. The smallest absolute Gasteiger partial charge is 0.320 e. The molecule has 7 heteroatoms. The summed E-state index contributed by atoms with van der Waals surface area (Å²) in [5.74, 6) is 1.11. The number of halogens is 1. The van der Waals surface area contributed by atoms with Gasteiger partial charge in [0.2, 0.25) is 0 Å². The van der Waals surface area contributed by atoms with Crippen molar-refractivity contribution < 1.29 is 9.53 Å². The van der Waals surface area contributed by atoms with Gasteiger partial charge in [-0.3, -0.25) is 10.4 Å². The van der Waals surface area contributed by atoms with Gasteiger partial charge in [0.05, 0.1) is 5.52 Å². The van der Waals surface area contributed by atoms with Crippen LogP contribution in [0.15, 0.2) is 72.8 Å². The van der Waals surface area contributed by atoms with Gasteiger partial charge in [-0.2, -0.15) is 5.10 Å². The van der Waals surface area contributed by atoms with Gasteiger partial charge >= 0.3 is 6.03 Å². The highest BCUT2D eigenvalue weighted by Gasteiger charge is 2.11. The van der Waals surface area contributed by atoms with Crippen molar-refractivity contribution in [2.24, 2.45) is 0 Å². The number of rotatable bonds is 7. The molecular formula is C23H21ClN4O2. The Hall–Kier alpha value is -3.51. The van der Waals surface area contributed by atoms with Crippen molar-refractivity contribution in [2.75, 3.05) is 11.9 Å². The van der Waals surface area contributed by atoms with Crippen LogP contribution in [0, 0.1) is 0 Å². The molecule has 0 atom stereocenters. The maximum absolute atomic E-state index is 12.3. The number of aromatic amines is 1. The van der Waals surface area contributed by atoms with E-state index in [1.54, 1.807) is 0 Å². The van der Waals surface area contributed by atoms with Gasteiger partial charge in [0.1, 0.15) is 12.4 Å². The Balaban J connectivity index is 1.37. The third-order valence-electron chi connectivity index (χ3n) is 4.66. The maximum Gasteiger partial charge on any atom is 0.320 e. The van der Waals surface area contributed by atoms with Gasteiger partial charge in [-0.15, -0.1) is 0 Å². The third kappa shape index (κ3) is 4.90. The summed E-state index contributed by atoms with van der Waals surface area (Å²) in [4.78, 5) is 12.3. The molecule has 30 heavy (non-hydrogen) atoms. The van der Waals surface area contributed by atoms with Crippen LogP contribution in [-0.2, 0) is 13.0 Å². The molecule has 0 saturated carbocycles. The van der Waals surface area contributed by atoms with E-state index in [9.17, 15) is 4.79 Å². The molecule has 0 aliphatic heterocycles. The summed E-state index contributed by atoms with van der Waals surface area (Å²) in [6.45, 7) is 0.885. The van der Waals surface area contributed by atoms with Gasteiger partial charge in [-0.1, -0.05) is 60.1 Å². The van der Waals surface area contributed by atoms with Crippen LogP contribution >= 0.6 is 11.6 Å². The maximum atomic E-state index is 12.3. The highest BCUT2D eigenvalue weighted by Crippen LogP contribution is 2.26. The molecule has 0 bridgehead atoms. The van der Waals surface area contributed by atoms with Crippen molar-refractivity contribution in [3.05, 3.63) is 88.9 Å². The first-order valence-electron chi connectivity index (χ1n) is 9.62. The lowest BCUT2D eigenvalue weighted by molar-refractivity contribution is 0.252. The fourth-order valence-corrected chi connectivity index (χ4v) is 3.26. The van der Waals surface area contributed by atoms with Crippen LogP contribution in [0.3, 0.4) is 0 Å². The lowest BCUT2D eigenvalue weighted by Crippen LogP contribution is -2.30. The Labute approximate surface area is 179 Å². The highest BCUT2D eigenvalue weighted by molar-refractivity contribution is 6.31. The molecule has 4 aromatic rings. The Morgan fingerprint density at radius 2 is 1.83 bits per heavy atom. The molecule has 0 radical (unpaired) electrons. The first kappa shape index (κ1) is 19.8. The number of aromatic nitrogens is 2. The molecule has 0 spiro atoms. The summed E-state index contributed by atoms with van der Waals surface area (Å²) in [6.07, 6.45) is 0.760. The number of fused-ring (bicyclic) bond motifs is 1. The van der Waals surface area contributed by atoms with Crippen LogP contribution in [0.25, 0.3) is 10.9 Å². The Kier molecular flexibility index (Phi) is 6.15. The van der Waals surface area contributed by atoms with E-state index in [0.717, 1.165) is 22.9 Å². The van der Waals surface area contributed by atoms with E-state index in [1.165, 1.54) is 5.56 Å². The molecule has 1 aromatic heterocycles. The number of hydrogen-bond acceptors (Lipinski definition) is 3. The van der Waals surface area contributed by atoms with Crippen LogP contribution in [0.5, 0.6) is 5.75 Å². The molecule has 1 heterocycles. The van der Waals surface area contributed by atoms with Crippen LogP contribution in [0.1, 0.15) is 11.1 Å². The van der Waals surface area contributed by atoms with Crippen molar-refractivity contribution in [3.63, 3.8) is 0 Å². The Morgan fingerprint density at radius 3 is 2.67 bits per heavy atom. The van der Waals surface area contributed by atoms with Gasteiger partial charge < -0.3 is 10.1 Å². The molecule has 3 N–H and O–H groups in total. The summed E-state index contributed by atoms with van der Waals surface area (Å²) in [7, 11) is 0. The molecule has 0 saturated heterocycles. The second-order valence-corrected chi connectivity index (χ2v) is 7.18. The van der Waals surface area contributed by atoms with Crippen molar-refractivity contribution in [1.82, 2.24) is 15.5 Å². The average molecular weight is 421 g/mol. The number of ether oxygens (including phenoxy) is 1. The second kappa shape index (κ2) is 9.33. The van der Waals surface area contributed by atoms with Crippen LogP contribution < -0.4 is 15.4 Å². The molecule has 4 rings (SSSR count). The first-order chi connectivity index (χ1) is 14.7. The minimum atomic E-state index is -0.304. The number of urea groups is 1.